The molecule has 0 aliphatic carbocycles. The van der Waals surface area contributed by atoms with E-state index in [1.165, 1.54) is 12.0 Å². The largest absolute Gasteiger partial charge is 0.497 e. The Hall–Kier alpha value is -3.28. The summed E-state index contributed by atoms with van der Waals surface area (Å²) in [5, 5.41) is 0. The van der Waals surface area contributed by atoms with Crippen LogP contribution in [0.25, 0.3) is 11.8 Å². The summed E-state index contributed by atoms with van der Waals surface area (Å²) in [5.74, 6) is 0.0639. The van der Waals surface area contributed by atoms with E-state index < -0.39 is 5.97 Å². The second kappa shape index (κ2) is 7.38. The zero-order valence-electron chi connectivity index (χ0n) is 17.0. The topological polar surface area (TPSA) is 60.8 Å². The molecule has 0 saturated carbocycles. The molecule has 0 saturated heterocycles. The van der Waals surface area contributed by atoms with Crippen LogP contribution in [0.2, 0.25) is 0 Å². The molecule has 2 aromatic rings. The van der Waals surface area contributed by atoms with Gasteiger partial charge in [0.25, 0.3) is 5.91 Å². The highest BCUT2D eigenvalue weighted by Gasteiger charge is 2.35. The third-order valence-corrected chi connectivity index (χ3v) is 5.16. The van der Waals surface area contributed by atoms with Crippen LogP contribution in [0.1, 0.15) is 23.9 Å². The number of rotatable bonds is 4. The summed E-state index contributed by atoms with van der Waals surface area (Å²) in [6, 6.07) is 9.78. The lowest BCUT2D eigenvalue weighted by Crippen LogP contribution is -2.19. The van der Waals surface area contributed by atoms with Crippen molar-refractivity contribution in [2.24, 2.45) is 0 Å². The van der Waals surface area contributed by atoms with E-state index in [4.69, 9.17) is 9.47 Å². The molecular weight excluding hydrogens is 356 g/mol. The zero-order chi connectivity index (χ0) is 20.6. The van der Waals surface area contributed by atoms with Crippen molar-refractivity contribution in [1.29, 1.82) is 0 Å². The van der Waals surface area contributed by atoms with Gasteiger partial charge in [-0.2, -0.15) is 0 Å². The minimum absolute atomic E-state index is 0.216. The van der Waals surface area contributed by atoms with E-state index >= 15 is 0 Å². The van der Waals surface area contributed by atoms with Crippen molar-refractivity contribution >= 4 is 18.0 Å². The molecule has 6 heteroatoms. The number of amides is 1. The second-order valence-electron chi connectivity index (χ2n) is 6.73. The molecule has 0 unspecified atom stereocenters. The van der Waals surface area contributed by atoms with E-state index in [0.29, 0.717) is 16.8 Å². The molecule has 0 fully saturated rings. The van der Waals surface area contributed by atoms with Gasteiger partial charge in [0.2, 0.25) is 0 Å². The Morgan fingerprint density at radius 1 is 1.07 bits per heavy atom. The highest BCUT2D eigenvalue weighted by molar-refractivity contribution is 6.16. The fourth-order valence-corrected chi connectivity index (χ4v) is 3.51. The fourth-order valence-electron chi connectivity index (χ4n) is 3.51. The monoisotopic (exact) mass is 380 g/mol. The Bertz CT molecular complexity index is 1010. The van der Waals surface area contributed by atoms with Gasteiger partial charge in [-0.3, -0.25) is 4.79 Å². The van der Waals surface area contributed by atoms with Gasteiger partial charge in [0, 0.05) is 29.8 Å². The molecule has 0 spiro atoms. The van der Waals surface area contributed by atoms with Crippen LogP contribution in [0.5, 0.6) is 5.75 Å². The molecule has 0 atom stereocenters. The number of allylic oxidation sites excluding steroid dienone is 1. The molecule has 3 rings (SSSR count). The average molecular weight is 380 g/mol. The number of aryl methyl sites for hydroxylation is 1. The smallest absolute Gasteiger partial charge is 0.340 e. The van der Waals surface area contributed by atoms with Gasteiger partial charge in [-0.15, -0.1) is 0 Å². The minimum Gasteiger partial charge on any atom is -0.497 e. The molecule has 146 valence electrons. The highest BCUT2D eigenvalue weighted by Crippen LogP contribution is 2.32. The second-order valence-corrected chi connectivity index (χ2v) is 6.73. The van der Waals surface area contributed by atoms with Crippen molar-refractivity contribution in [1.82, 2.24) is 9.47 Å². The van der Waals surface area contributed by atoms with E-state index in [-0.39, 0.29) is 5.91 Å². The van der Waals surface area contributed by atoms with E-state index in [9.17, 15) is 9.59 Å². The summed E-state index contributed by atoms with van der Waals surface area (Å²) in [5.41, 5.74) is 5.11. The van der Waals surface area contributed by atoms with Crippen molar-refractivity contribution in [3.63, 3.8) is 0 Å². The van der Waals surface area contributed by atoms with Gasteiger partial charge in [0.15, 0.2) is 0 Å². The summed E-state index contributed by atoms with van der Waals surface area (Å²) in [6.45, 7) is 5.73. The quantitative estimate of drug-likeness (QED) is 0.602. The summed E-state index contributed by atoms with van der Waals surface area (Å²) < 4.78 is 12.2. The SMILES string of the molecule is COC(=O)C1=C(C)N(C)C(=O)/C1=C/c1cc(C)n(-c2ccc(OC)cc2)c1C. The first-order valence-corrected chi connectivity index (χ1v) is 8.92. The standard InChI is InChI=1S/C22H24N2O4/c1-13-11-16(14(2)24(13)17-7-9-18(27-5)10-8-17)12-19-20(22(26)28-6)15(3)23(4)21(19)25/h7-12H,1-6H3/b19-12+. The Morgan fingerprint density at radius 2 is 1.71 bits per heavy atom. The molecule has 1 amide bonds. The van der Waals surface area contributed by atoms with E-state index in [1.807, 2.05) is 44.2 Å². The molecule has 0 N–H and O–H groups in total. The number of nitrogens with zero attached hydrogens (tertiary/aromatic N) is 2. The molecule has 2 heterocycles. The summed E-state index contributed by atoms with van der Waals surface area (Å²) in [6.07, 6.45) is 1.77. The first-order valence-electron chi connectivity index (χ1n) is 8.92. The van der Waals surface area contributed by atoms with Crippen LogP contribution >= 0.6 is 0 Å². The van der Waals surface area contributed by atoms with Gasteiger partial charge in [-0.25, -0.2) is 4.79 Å². The van der Waals surface area contributed by atoms with E-state index in [2.05, 4.69) is 4.57 Å². The van der Waals surface area contributed by atoms with Gasteiger partial charge >= 0.3 is 5.97 Å². The van der Waals surface area contributed by atoms with Gasteiger partial charge in [-0.1, -0.05) is 0 Å². The summed E-state index contributed by atoms with van der Waals surface area (Å²) in [7, 11) is 4.61. The predicted molar refractivity (Wildman–Crippen MR) is 107 cm³/mol. The third-order valence-electron chi connectivity index (χ3n) is 5.16. The van der Waals surface area contributed by atoms with Crippen LogP contribution < -0.4 is 4.74 Å². The minimum atomic E-state index is -0.509. The average Bonchev–Trinajstić information content (AvgIpc) is 3.09. The van der Waals surface area contributed by atoms with Crippen LogP contribution in [0.3, 0.4) is 0 Å². The number of hydrogen-bond donors (Lipinski definition) is 0. The molecule has 6 nitrogen and oxygen atoms in total. The van der Waals surface area contributed by atoms with Crippen molar-refractivity contribution in [2.45, 2.75) is 20.8 Å². The predicted octanol–water partition coefficient (Wildman–Crippen LogP) is 3.41. The first kappa shape index (κ1) is 19.5. The van der Waals surface area contributed by atoms with Crippen LogP contribution in [-0.2, 0) is 14.3 Å². The maximum absolute atomic E-state index is 12.7. The highest BCUT2D eigenvalue weighted by atomic mass is 16.5. The van der Waals surface area contributed by atoms with Gasteiger partial charge in [0.1, 0.15) is 5.75 Å². The van der Waals surface area contributed by atoms with Gasteiger partial charge in [0.05, 0.1) is 25.4 Å². The first-order chi connectivity index (χ1) is 13.3. The molecule has 1 aromatic heterocycles. The Labute approximate surface area is 164 Å². The number of carbonyl (C=O) groups is 2. The Kier molecular flexibility index (Phi) is 5.14. The van der Waals surface area contributed by atoms with E-state index in [0.717, 1.165) is 28.4 Å². The number of methoxy groups -OCH3 is 2. The number of benzene rings is 1. The lowest BCUT2D eigenvalue weighted by Gasteiger charge is -2.10. The molecule has 0 bridgehead atoms. The number of ether oxygens (including phenoxy) is 2. The van der Waals surface area contributed by atoms with Crippen LogP contribution in [-0.4, -0.2) is 42.6 Å². The molecular formula is C22H24N2O4. The van der Waals surface area contributed by atoms with Crippen molar-refractivity contribution in [2.75, 3.05) is 21.3 Å². The summed E-state index contributed by atoms with van der Waals surface area (Å²) >= 11 is 0. The maximum Gasteiger partial charge on any atom is 0.340 e. The van der Waals surface area contributed by atoms with Crippen LogP contribution in [0.15, 0.2) is 47.2 Å². The van der Waals surface area contributed by atoms with Crippen LogP contribution in [0.4, 0.5) is 0 Å². The molecule has 1 aromatic carbocycles. The number of likely N-dealkylation sites (N-methyl/N-ethyl adjacent to an activating group) is 1. The normalized spacial score (nSPS) is 15.6. The van der Waals surface area contributed by atoms with Gasteiger partial charge in [-0.05, 0) is 62.7 Å². The van der Waals surface area contributed by atoms with Gasteiger partial charge < -0.3 is 18.9 Å². The number of carbonyl (C=O) groups excluding carboxylic acids is 2. The summed E-state index contributed by atoms with van der Waals surface area (Å²) in [4.78, 5) is 26.4. The third kappa shape index (κ3) is 3.11. The lowest BCUT2D eigenvalue weighted by molar-refractivity contribution is -0.136. The van der Waals surface area contributed by atoms with Crippen molar-refractivity contribution in [3.05, 3.63) is 64.1 Å². The Balaban J connectivity index is 2.10. The molecule has 1 aliphatic rings. The Morgan fingerprint density at radius 3 is 2.29 bits per heavy atom. The van der Waals surface area contributed by atoms with Crippen molar-refractivity contribution < 1.29 is 19.1 Å². The molecule has 1 aliphatic heterocycles. The number of aromatic nitrogens is 1. The van der Waals surface area contributed by atoms with Crippen LogP contribution in [0, 0.1) is 13.8 Å². The van der Waals surface area contributed by atoms with E-state index in [1.54, 1.807) is 27.2 Å². The number of esters is 1. The fraction of sp³-hybridized carbons (Fsp3) is 0.273. The molecule has 28 heavy (non-hydrogen) atoms. The zero-order valence-corrected chi connectivity index (χ0v) is 17.0. The van der Waals surface area contributed by atoms with Crippen molar-refractivity contribution in [3.8, 4) is 11.4 Å². The lowest BCUT2D eigenvalue weighted by atomic mass is 10.0. The number of hydrogen-bond acceptors (Lipinski definition) is 4. The molecule has 0 radical (unpaired) electrons. The maximum atomic E-state index is 12.7.